The third kappa shape index (κ3) is 3.19. The molecule has 2 rings (SSSR count). The van der Waals surface area contributed by atoms with E-state index < -0.39 is 0 Å². The van der Waals surface area contributed by atoms with Gasteiger partial charge in [-0.25, -0.2) is 0 Å². The molecule has 1 heterocycles. The summed E-state index contributed by atoms with van der Waals surface area (Å²) in [6.45, 7) is 6.39. The molecule has 19 heavy (non-hydrogen) atoms. The topological polar surface area (TPSA) is 39.2 Å². The minimum Gasteiger partial charge on any atom is -0.488 e. The predicted molar refractivity (Wildman–Crippen MR) is 74.6 cm³/mol. The minimum absolute atomic E-state index is 0.483. The van der Waals surface area contributed by atoms with Crippen LogP contribution < -0.4 is 4.74 Å². The van der Waals surface area contributed by atoms with Gasteiger partial charge in [-0.2, -0.15) is 0 Å². The van der Waals surface area contributed by atoms with Gasteiger partial charge in [0, 0.05) is 23.5 Å². The normalized spacial score (nSPS) is 10.3. The van der Waals surface area contributed by atoms with Crippen LogP contribution >= 0.6 is 0 Å². The molecular formula is C16H17NO2. The lowest BCUT2D eigenvalue weighted by Gasteiger charge is -2.13. The first-order chi connectivity index (χ1) is 9.10. The van der Waals surface area contributed by atoms with Gasteiger partial charge >= 0.3 is 0 Å². The minimum atomic E-state index is 0.483. The molecule has 0 amide bonds. The Morgan fingerprint density at radius 2 is 1.79 bits per heavy atom. The van der Waals surface area contributed by atoms with E-state index in [2.05, 4.69) is 11.1 Å². The molecule has 0 atom stereocenters. The van der Waals surface area contributed by atoms with E-state index in [9.17, 15) is 4.79 Å². The molecule has 0 saturated carbocycles. The van der Waals surface area contributed by atoms with E-state index in [-0.39, 0.29) is 0 Å². The molecule has 0 aliphatic carbocycles. The van der Waals surface area contributed by atoms with Crippen molar-refractivity contribution in [3.63, 3.8) is 0 Å². The Balaban J connectivity index is 2.18. The molecule has 0 aliphatic rings. The van der Waals surface area contributed by atoms with Crippen molar-refractivity contribution in [2.75, 3.05) is 0 Å². The highest BCUT2D eigenvalue weighted by Gasteiger charge is 2.06. The molecule has 2 aromatic rings. The summed E-state index contributed by atoms with van der Waals surface area (Å²) >= 11 is 0. The van der Waals surface area contributed by atoms with Crippen LogP contribution in [0.15, 0.2) is 30.6 Å². The second-order valence-corrected chi connectivity index (χ2v) is 4.76. The zero-order chi connectivity index (χ0) is 13.8. The Kier molecular flexibility index (Phi) is 3.95. The smallest absolute Gasteiger partial charge is 0.150 e. The molecule has 3 nitrogen and oxygen atoms in total. The lowest BCUT2D eigenvalue weighted by atomic mass is 10.1. The fraction of sp³-hybridized carbons (Fsp3) is 0.250. The monoisotopic (exact) mass is 255 g/mol. The van der Waals surface area contributed by atoms with E-state index in [0.717, 1.165) is 34.3 Å². The Morgan fingerprint density at radius 1 is 1.11 bits per heavy atom. The van der Waals surface area contributed by atoms with Gasteiger partial charge < -0.3 is 4.74 Å². The quantitative estimate of drug-likeness (QED) is 0.786. The fourth-order valence-corrected chi connectivity index (χ4v) is 2.13. The summed E-state index contributed by atoms with van der Waals surface area (Å²) in [4.78, 5) is 14.9. The standard InChI is InChI=1S/C16H17NO2/c1-11-4-15(8-17-7-11)10-19-16-12(2)5-14(9-18)6-13(16)3/h4-9H,10H2,1-3H3. The highest BCUT2D eigenvalue weighted by atomic mass is 16.5. The van der Waals surface area contributed by atoms with Crippen molar-refractivity contribution in [1.29, 1.82) is 0 Å². The zero-order valence-electron chi connectivity index (χ0n) is 11.4. The third-order valence-corrected chi connectivity index (χ3v) is 2.93. The number of ether oxygens (including phenoxy) is 1. The molecule has 0 fully saturated rings. The van der Waals surface area contributed by atoms with Crippen molar-refractivity contribution in [3.8, 4) is 5.75 Å². The molecular weight excluding hydrogens is 238 g/mol. The van der Waals surface area contributed by atoms with Gasteiger partial charge in [-0.3, -0.25) is 9.78 Å². The van der Waals surface area contributed by atoms with E-state index in [4.69, 9.17) is 4.74 Å². The summed E-state index contributed by atoms with van der Waals surface area (Å²) in [6.07, 6.45) is 4.48. The van der Waals surface area contributed by atoms with Crippen molar-refractivity contribution in [2.45, 2.75) is 27.4 Å². The largest absolute Gasteiger partial charge is 0.488 e. The Bertz CT molecular complexity index is 582. The molecule has 0 bridgehead atoms. The predicted octanol–water partition coefficient (Wildman–Crippen LogP) is 3.40. The maximum Gasteiger partial charge on any atom is 0.150 e. The summed E-state index contributed by atoms with van der Waals surface area (Å²) in [6, 6.07) is 5.73. The van der Waals surface area contributed by atoms with Crippen LogP contribution in [-0.2, 0) is 6.61 Å². The van der Waals surface area contributed by atoms with Crippen molar-refractivity contribution in [1.82, 2.24) is 4.98 Å². The summed E-state index contributed by atoms with van der Waals surface area (Å²) in [7, 11) is 0. The fourth-order valence-electron chi connectivity index (χ4n) is 2.13. The lowest BCUT2D eigenvalue weighted by Crippen LogP contribution is -2.00. The van der Waals surface area contributed by atoms with Gasteiger partial charge in [-0.1, -0.05) is 0 Å². The van der Waals surface area contributed by atoms with Crippen LogP contribution in [0.4, 0.5) is 0 Å². The molecule has 1 aromatic heterocycles. The lowest BCUT2D eigenvalue weighted by molar-refractivity contribution is 0.112. The van der Waals surface area contributed by atoms with Gasteiger partial charge in [-0.05, 0) is 55.7 Å². The second-order valence-electron chi connectivity index (χ2n) is 4.76. The number of hydrogen-bond donors (Lipinski definition) is 0. The van der Waals surface area contributed by atoms with Gasteiger partial charge in [0.05, 0.1) is 0 Å². The number of carbonyl (C=O) groups is 1. The van der Waals surface area contributed by atoms with E-state index in [1.807, 2.05) is 39.1 Å². The Hall–Kier alpha value is -2.16. The highest BCUT2D eigenvalue weighted by molar-refractivity contribution is 5.76. The van der Waals surface area contributed by atoms with Crippen LogP contribution in [0.5, 0.6) is 5.75 Å². The van der Waals surface area contributed by atoms with E-state index in [1.165, 1.54) is 0 Å². The molecule has 0 N–H and O–H groups in total. The number of nitrogens with zero attached hydrogens (tertiary/aromatic N) is 1. The van der Waals surface area contributed by atoms with Crippen LogP contribution in [0, 0.1) is 20.8 Å². The maximum absolute atomic E-state index is 10.8. The van der Waals surface area contributed by atoms with Crippen LogP contribution in [0.3, 0.4) is 0 Å². The van der Waals surface area contributed by atoms with Crippen LogP contribution in [0.1, 0.15) is 32.6 Å². The van der Waals surface area contributed by atoms with Crippen molar-refractivity contribution in [3.05, 3.63) is 58.4 Å². The van der Waals surface area contributed by atoms with Gasteiger partial charge in [0.2, 0.25) is 0 Å². The van der Waals surface area contributed by atoms with Gasteiger partial charge in [0.1, 0.15) is 18.6 Å². The number of aromatic nitrogens is 1. The number of rotatable bonds is 4. The third-order valence-electron chi connectivity index (χ3n) is 2.93. The first-order valence-electron chi connectivity index (χ1n) is 6.20. The zero-order valence-corrected chi connectivity index (χ0v) is 11.4. The van der Waals surface area contributed by atoms with E-state index in [0.29, 0.717) is 12.2 Å². The summed E-state index contributed by atoms with van der Waals surface area (Å²) in [5, 5.41) is 0. The van der Waals surface area contributed by atoms with E-state index >= 15 is 0 Å². The molecule has 1 aromatic carbocycles. The SMILES string of the molecule is Cc1cncc(COc2c(C)cc(C=O)cc2C)c1. The van der Waals surface area contributed by atoms with Gasteiger partial charge in [0.25, 0.3) is 0 Å². The maximum atomic E-state index is 10.8. The average molecular weight is 255 g/mol. The molecule has 0 saturated heterocycles. The first kappa shape index (κ1) is 13.3. The number of pyridine rings is 1. The first-order valence-corrected chi connectivity index (χ1v) is 6.20. The van der Waals surface area contributed by atoms with Gasteiger partial charge in [-0.15, -0.1) is 0 Å². The van der Waals surface area contributed by atoms with Crippen LogP contribution in [0.25, 0.3) is 0 Å². The molecule has 0 unspecified atom stereocenters. The number of carbonyl (C=O) groups excluding carboxylic acids is 1. The summed E-state index contributed by atoms with van der Waals surface area (Å²) < 4.78 is 5.85. The molecule has 3 heteroatoms. The second kappa shape index (κ2) is 5.65. The highest BCUT2D eigenvalue weighted by Crippen LogP contribution is 2.25. The number of hydrogen-bond acceptors (Lipinski definition) is 3. The number of benzene rings is 1. The summed E-state index contributed by atoms with van der Waals surface area (Å²) in [5.74, 6) is 0.840. The summed E-state index contributed by atoms with van der Waals surface area (Å²) in [5.41, 5.74) is 4.79. The Labute approximate surface area is 113 Å². The molecule has 0 aliphatic heterocycles. The van der Waals surface area contributed by atoms with Crippen LogP contribution in [-0.4, -0.2) is 11.3 Å². The molecule has 0 radical (unpaired) electrons. The van der Waals surface area contributed by atoms with Crippen molar-refractivity contribution >= 4 is 6.29 Å². The van der Waals surface area contributed by atoms with Crippen LogP contribution in [0.2, 0.25) is 0 Å². The van der Waals surface area contributed by atoms with Crippen molar-refractivity contribution < 1.29 is 9.53 Å². The van der Waals surface area contributed by atoms with E-state index in [1.54, 1.807) is 6.20 Å². The van der Waals surface area contributed by atoms with Crippen molar-refractivity contribution in [2.24, 2.45) is 0 Å². The average Bonchev–Trinajstić information content (AvgIpc) is 2.37. The number of aldehydes is 1. The number of aryl methyl sites for hydroxylation is 3. The Morgan fingerprint density at radius 3 is 2.37 bits per heavy atom. The molecule has 98 valence electrons. The molecule has 0 spiro atoms. The van der Waals surface area contributed by atoms with Gasteiger partial charge in [0.15, 0.2) is 0 Å².